The third kappa shape index (κ3) is 6.53. The van der Waals surface area contributed by atoms with E-state index >= 15 is 0 Å². The van der Waals surface area contributed by atoms with Crippen molar-refractivity contribution in [2.45, 2.75) is 78.2 Å². The summed E-state index contributed by atoms with van der Waals surface area (Å²) in [6.07, 6.45) is 1.04. The minimum atomic E-state index is -1.09. The van der Waals surface area contributed by atoms with Gasteiger partial charge in [-0.3, -0.25) is 0 Å². The molecule has 0 aromatic heterocycles. The molecule has 0 aliphatic carbocycles. The molecule has 0 saturated heterocycles. The molecule has 0 spiro atoms. The fraction of sp³-hybridized carbons (Fsp3) is 1.00. The van der Waals surface area contributed by atoms with Gasteiger partial charge in [-0.15, -0.1) is 0 Å². The van der Waals surface area contributed by atoms with Crippen molar-refractivity contribution in [3.63, 3.8) is 0 Å². The smallest absolute Gasteiger partial charge is 0.0972 e. The Hall–Kier alpha value is 0.0700. The minimum absolute atomic E-state index is 0.0168. The molecule has 3 atom stereocenters. The summed E-state index contributed by atoms with van der Waals surface area (Å²) >= 11 is 0. The standard InChI is InChI=1S/C13H29NO2S/c1-8-10(15)9-11(12(2,3)4)14-17(16)13(5,6)7/h10-11,14-15H,8-9H2,1-7H3/t10-,11+,17?/m1/s1. The first-order chi connectivity index (χ1) is 7.48. The Morgan fingerprint density at radius 2 is 1.65 bits per heavy atom. The van der Waals surface area contributed by atoms with Crippen LogP contribution in [0.1, 0.15) is 61.3 Å². The second kappa shape index (κ2) is 6.30. The first kappa shape index (κ1) is 17.1. The van der Waals surface area contributed by atoms with Crippen molar-refractivity contribution in [1.29, 1.82) is 0 Å². The molecule has 1 unspecified atom stereocenters. The van der Waals surface area contributed by atoms with E-state index in [1.165, 1.54) is 0 Å². The lowest BCUT2D eigenvalue weighted by atomic mass is 9.84. The second-order valence-electron chi connectivity index (χ2n) is 6.72. The van der Waals surface area contributed by atoms with Gasteiger partial charge in [0.15, 0.2) is 0 Å². The zero-order valence-electron chi connectivity index (χ0n) is 12.3. The van der Waals surface area contributed by atoms with E-state index in [4.69, 9.17) is 0 Å². The maximum Gasteiger partial charge on any atom is 0.0972 e. The minimum Gasteiger partial charge on any atom is -0.393 e. The molecule has 104 valence electrons. The lowest BCUT2D eigenvalue weighted by Crippen LogP contribution is -2.47. The van der Waals surface area contributed by atoms with Crippen molar-refractivity contribution in [2.24, 2.45) is 5.41 Å². The Balaban J connectivity index is 4.68. The summed E-state index contributed by atoms with van der Waals surface area (Å²) < 4.78 is 15.0. The Labute approximate surface area is 109 Å². The summed E-state index contributed by atoms with van der Waals surface area (Å²) in [4.78, 5) is 0. The van der Waals surface area contributed by atoms with Crippen molar-refractivity contribution >= 4 is 11.0 Å². The van der Waals surface area contributed by atoms with Crippen LogP contribution in [0, 0.1) is 5.41 Å². The normalized spacial score (nSPS) is 18.8. The van der Waals surface area contributed by atoms with E-state index in [0.29, 0.717) is 6.42 Å². The van der Waals surface area contributed by atoms with E-state index in [1.54, 1.807) is 0 Å². The summed E-state index contributed by atoms with van der Waals surface area (Å²) in [5.41, 5.74) is -0.0168. The van der Waals surface area contributed by atoms with Crippen LogP contribution < -0.4 is 4.72 Å². The van der Waals surface area contributed by atoms with E-state index in [0.717, 1.165) is 6.42 Å². The molecule has 0 amide bonds. The van der Waals surface area contributed by atoms with E-state index in [9.17, 15) is 9.32 Å². The Morgan fingerprint density at radius 1 is 1.18 bits per heavy atom. The molecular weight excluding hydrogens is 234 g/mol. The maximum absolute atomic E-state index is 12.1. The molecule has 0 saturated carbocycles. The molecule has 0 aliphatic heterocycles. The number of rotatable bonds is 5. The van der Waals surface area contributed by atoms with Crippen molar-refractivity contribution in [1.82, 2.24) is 4.72 Å². The van der Waals surface area contributed by atoms with Crippen molar-refractivity contribution in [3.05, 3.63) is 0 Å². The highest BCUT2D eigenvalue weighted by Gasteiger charge is 2.31. The van der Waals surface area contributed by atoms with Crippen LogP contribution in [0.4, 0.5) is 0 Å². The van der Waals surface area contributed by atoms with E-state index < -0.39 is 11.0 Å². The monoisotopic (exact) mass is 263 g/mol. The Kier molecular flexibility index (Phi) is 6.33. The topological polar surface area (TPSA) is 49.3 Å². The van der Waals surface area contributed by atoms with Gasteiger partial charge in [-0.2, -0.15) is 0 Å². The van der Waals surface area contributed by atoms with Gasteiger partial charge in [0.2, 0.25) is 0 Å². The zero-order chi connectivity index (χ0) is 13.9. The number of aliphatic hydroxyl groups excluding tert-OH is 1. The predicted octanol–water partition coefficient (Wildman–Crippen LogP) is 2.61. The van der Waals surface area contributed by atoms with Crippen LogP contribution in [0.5, 0.6) is 0 Å². The van der Waals surface area contributed by atoms with Crippen LogP contribution in [-0.2, 0) is 11.0 Å². The van der Waals surface area contributed by atoms with Gasteiger partial charge in [0.25, 0.3) is 0 Å². The summed E-state index contributed by atoms with van der Waals surface area (Å²) in [5, 5.41) is 9.77. The van der Waals surface area contributed by atoms with Gasteiger partial charge < -0.3 is 5.11 Å². The lowest BCUT2D eigenvalue weighted by molar-refractivity contribution is 0.124. The maximum atomic E-state index is 12.1. The van der Waals surface area contributed by atoms with Gasteiger partial charge in [0.05, 0.1) is 21.8 Å². The second-order valence-corrected chi connectivity index (χ2v) is 8.71. The third-order valence-corrected chi connectivity index (χ3v) is 4.44. The Morgan fingerprint density at radius 3 is 1.94 bits per heavy atom. The molecule has 2 N–H and O–H groups in total. The third-order valence-electron chi connectivity index (χ3n) is 2.83. The molecule has 0 aromatic rings. The first-order valence-corrected chi connectivity index (χ1v) is 7.49. The van der Waals surface area contributed by atoms with Gasteiger partial charge >= 0.3 is 0 Å². The summed E-state index contributed by atoms with van der Waals surface area (Å²) in [5.74, 6) is 0. The molecule has 0 fully saturated rings. The summed E-state index contributed by atoms with van der Waals surface area (Å²) in [7, 11) is -1.09. The van der Waals surface area contributed by atoms with E-state index in [1.807, 2.05) is 27.7 Å². The van der Waals surface area contributed by atoms with E-state index in [2.05, 4.69) is 25.5 Å². The van der Waals surface area contributed by atoms with Crippen LogP contribution >= 0.6 is 0 Å². The molecule has 4 heteroatoms. The molecule has 0 aliphatic rings. The van der Waals surface area contributed by atoms with Gasteiger partial charge in [-0.1, -0.05) is 27.7 Å². The molecular formula is C13H29NO2S. The number of nitrogens with one attached hydrogen (secondary N) is 1. The largest absolute Gasteiger partial charge is 0.393 e. The average molecular weight is 263 g/mol. The molecule has 0 rings (SSSR count). The SMILES string of the molecule is CC[C@@H](O)C[C@H](NS(=O)C(C)(C)C)C(C)(C)C. The van der Waals surface area contributed by atoms with Crippen molar-refractivity contribution in [2.75, 3.05) is 0 Å². The van der Waals surface area contributed by atoms with Crippen LogP contribution in [0.2, 0.25) is 0 Å². The Bertz CT molecular complexity index is 253. The molecule has 0 heterocycles. The molecule has 0 bridgehead atoms. The molecule has 17 heavy (non-hydrogen) atoms. The molecule has 0 radical (unpaired) electrons. The summed E-state index contributed by atoms with van der Waals surface area (Å²) in [6.45, 7) is 14.1. The van der Waals surface area contributed by atoms with Crippen LogP contribution in [0.3, 0.4) is 0 Å². The van der Waals surface area contributed by atoms with Crippen molar-refractivity contribution in [3.8, 4) is 0 Å². The number of hydrogen-bond donors (Lipinski definition) is 2. The quantitative estimate of drug-likeness (QED) is 0.801. The van der Waals surface area contributed by atoms with Gasteiger partial charge in [0.1, 0.15) is 0 Å². The lowest BCUT2D eigenvalue weighted by Gasteiger charge is -2.34. The highest BCUT2D eigenvalue weighted by molar-refractivity contribution is 7.84. The van der Waals surface area contributed by atoms with Crippen LogP contribution in [-0.4, -0.2) is 26.2 Å². The number of hydrogen-bond acceptors (Lipinski definition) is 2. The predicted molar refractivity (Wildman–Crippen MR) is 75.2 cm³/mol. The zero-order valence-corrected chi connectivity index (χ0v) is 13.1. The van der Waals surface area contributed by atoms with Gasteiger partial charge in [0, 0.05) is 6.04 Å². The van der Waals surface area contributed by atoms with Crippen LogP contribution in [0.15, 0.2) is 0 Å². The first-order valence-electron chi connectivity index (χ1n) is 6.34. The van der Waals surface area contributed by atoms with E-state index in [-0.39, 0.29) is 22.3 Å². The molecule has 3 nitrogen and oxygen atoms in total. The van der Waals surface area contributed by atoms with Gasteiger partial charge in [-0.05, 0) is 39.0 Å². The average Bonchev–Trinajstić information content (AvgIpc) is 2.13. The summed E-state index contributed by atoms with van der Waals surface area (Å²) in [6, 6.07) is 0.0532. The van der Waals surface area contributed by atoms with Crippen LogP contribution in [0.25, 0.3) is 0 Å². The highest BCUT2D eigenvalue weighted by atomic mass is 32.2. The van der Waals surface area contributed by atoms with Gasteiger partial charge in [-0.25, -0.2) is 8.93 Å². The fourth-order valence-corrected chi connectivity index (χ4v) is 2.38. The van der Waals surface area contributed by atoms with Crippen molar-refractivity contribution < 1.29 is 9.32 Å². The molecule has 0 aromatic carbocycles. The number of aliphatic hydroxyl groups is 1. The fourth-order valence-electron chi connectivity index (χ4n) is 1.32. The highest BCUT2D eigenvalue weighted by Crippen LogP contribution is 2.25.